The second kappa shape index (κ2) is 15.6. The normalized spacial score (nSPS) is 17.6. The topological polar surface area (TPSA) is 137 Å². The Morgan fingerprint density at radius 1 is 1.06 bits per heavy atom. The monoisotopic (exact) mass is 707 g/mol. The number of pyridine rings is 1. The van der Waals surface area contributed by atoms with E-state index in [9.17, 15) is 9.59 Å². The summed E-state index contributed by atoms with van der Waals surface area (Å²) in [7, 11) is 1.69. The minimum atomic E-state index is -1.18. The molecule has 0 atom stereocenters. The summed E-state index contributed by atoms with van der Waals surface area (Å²) in [5, 5.41) is 12.9. The molecule has 1 saturated carbocycles. The summed E-state index contributed by atoms with van der Waals surface area (Å²) in [6.45, 7) is 8.97. The van der Waals surface area contributed by atoms with E-state index >= 15 is 0 Å². The van der Waals surface area contributed by atoms with E-state index in [2.05, 4.69) is 59.9 Å². The molecule has 7 rings (SSSR count). The molecule has 4 heterocycles. The average Bonchev–Trinajstić information content (AvgIpc) is 3.89. The van der Waals surface area contributed by atoms with Crippen molar-refractivity contribution in [3.8, 4) is 16.9 Å². The van der Waals surface area contributed by atoms with Crippen molar-refractivity contribution in [1.82, 2.24) is 25.0 Å². The lowest BCUT2D eigenvalue weighted by atomic mass is 9.89. The Balaban J connectivity index is 1.26. The van der Waals surface area contributed by atoms with E-state index in [-0.39, 0.29) is 18.5 Å². The number of nitrogens with two attached hydrogens (primary N) is 1. The highest BCUT2D eigenvalue weighted by atomic mass is 16.5. The molecule has 11 nitrogen and oxygen atoms in total. The van der Waals surface area contributed by atoms with Crippen LogP contribution in [0.1, 0.15) is 74.8 Å². The maximum Gasteiger partial charge on any atom is 0.238 e. The molecule has 2 saturated heterocycles. The maximum atomic E-state index is 14.5. The van der Waals surface area contributed by atoms with Crippen LogP contribution < -0.4 is 21.1 Å². The molecular formula is C41H53N7O4. The molecule has 0 unspecified atom stereocenters. The third-order valence-corrected chi connectivity index (χ3v) is 11.3. The van der Waals surface area contributed by atoms with Crippen LogP contribution in [0.3, 0.4) is 0 Å². The largest absolute Gasteiger partial charge is 0.496 e. The summed E-state index contributed by atoms with van der Waals surface area (Å²) in [5.41, 5.74) is 12.7. The number of carbonyl (C=O) groups excluding carboxylic acids is 2. The Hall–Kier alpha value is -4.48. The van der Waals surface area contributed by atoms with E-state index in [4.69, 9.17) is 20.2 Å². The van der Waals surface area contributed by atoms with Crippen LogP contribution >= 0.6 is 0 Å². The van der Waals surface area contributed by atoms with Crippen LogP contribution in [-0.2, 0) is 46.8 Å². The molecular weight excluding hydrogens is 654 g/mol. The number of rotatable bonds is 14. The number of primary amides is 1. The summed E-state index contributed by atoms with van der Waals surface area (Å²) in [5.74, 6) is 0.658. The Morgan fingerprint density at radius 3 is 2.54 bits per heavy atom. The van der Waals surface area contributed by atoms with Crippen LogP contribution in [0.2, 0.25) is 0 Å². The SMILES string of the molecule is CCc1nc2c(cnn2CC)c(NC2CCOCC2)c1CN(Cc1ccc(OC)c(-c2cccc(CC3CCNCC3)c2)c1)C(=O)C1(C(N)=O)CC1. The number of nitrogens with zero attached hydrogens (tertiary/aromatic N) is 4. The highest BCUT2D eigenvalue weighted by Crippen LogP contribution is 2.48. The number of nitrogens with one attached hydrogen (secondary N) is 2. The van der Waals surface area contributed by atoms with Gasteiger partial charge < -0.3 is 30.7 Å². The van der Waals surface area contributed by atoms with Gasteiger partial charge >= 0.3 is 0 Å². The Morgan fingerprint density at radius 2 is 1.85 bits per heavy atom. The minimum absolute atomic E-state index is 0.215. The van der Waals surface area contributed by atoms with E-state index in [1.54, 1.807) is 7.11 Å². The lowest BCUT2D eigenvalue weighted by Gasteiger charge is -2.30. The first-order valence-corrected chi connectivity index (χ1v) is 19.1. The van der Waals surface area contributed by atoms with Gasteiger partial charge in [-0.3, -0.25) is 9.59 Å². The first-order chi connectivity index (χ1) is 25.3. The van der Waals surface area contributed by atoms with Gasteiger partial charge in [-0.2, -0.15) is 5.10 Å². The van der Waals surface area contributed by atoms with Gasteiger partial charge in [0, 0.05) is 55.7 Å². The number of ether oxygens (including phenoxy) is 2. The van der Waals surface area contributed by atoms with Crippen molar-refractivity contribution in [3.63, 3.8) is 0 Å². The Bertz CT molecular complexity index is 1910. The first kappa shape index (κ1) is 35.9. The van der Waals surface area contributed by atoms with Crippen LogP contribution in [0, 0.1) is 11.3 Å². The van der Waals surface area contributed by atoms with Crippen LogP contribution in [0.4, 0.5) is 5.69 Å². The van der Waals surface area contributed by atoms with Gasteiger partial charge in [-0.15, -0.1) is 0 Å². The van der Waals surface area contributed by atoms with Gasteiger partial charge in [-0.25, -0.2) is 9.67 Å². The number of benzene rings is 2. The fourth-order valence-electron chi connectivity index (χ4n) is 8.05. The molecule has 3 aliphatic rings. The minimum Gasteiger partial charge on any atom is -0.496 e. The highest BCUT2D eigenvalue weighted by molar-refractivity contribution is 6.07. The summed E-state index contributed by atoms with van der Waals surface area (Å²) in [4.78, 5) is 34.3. The zero-order chi connectivity index (χ0) is 36.2. The smallest absolute Gasteiger partial charge is 0.238 e. The van der Waals surface area contributed by atoms with Gasteiger partial charge in [-0.1, -0.05) is 37.3 Å². The standard InChI is InChI=1S/C41H53N7O4/c1-4-35-34(37(45-31-13-19-52-20-14-31)33-24-44-48(5-2)38(33)46-35)26-47(40(50)41(15-16-41)39(42)49)25-29-9-10-36(51-3)32(23-29)30-8-6-7-28(22-30)21-27-11-17-43-18-12-27/h6-10,22-24,27,31,43H,4-5,11-21,25-26H2,1-3H3,(H2,42,49)(H,45,46). The van der Waals surface area contributed by atoms with Crippen molar-refractivity contribution in [2.75, 3.05) is 38.7 Å². The number of hydrogen-bond acceptors (Lipinski definition) is 8. The maximum absolute atomic E-state index is 14.5. The van der Waals surface area contributed by atoms with Gasteiger partial charge in [0.2, 0.25) is 11.8 Å². The molecule has 0 bridgehead atoms. The Labute approximate surface area is 306 Å². The number of amides is 2. The van der Waals surface area contributed by atoms with Gasteiger partial charge in [0.05, 0.1) is 24.4 Å². The molecule has 2 aromatic heterocycles. The summed E-state index contributed by atoms with van der Waals surface area (Å²) in [6, 6.07) is 15.1. The van der Waals surface area contributed by atoms with E-state index in [0.29, 0.717) is 51.5 Å². The molecule has 0 spiro atoms. The molecule has 4 N–H and O–H groups in total. The Kier molecular flexibility index (Phi) is 10.8. The molecule has 52 heavy (non-hydrogen) atoms. The highest BCUT2D eigenvalue weighted by Gasteiger charge is 2.57. The molecule has 2 aliphatic heterocycles. The number of methoxy groups -OCH3 is 1. The summed E-state index contributed by atoms with van der Waals surface area (Å²) in [6.07, 6.45) is 8.67. The van der Waals surface area contributed by atoms with Gasteiger partial charge in [-0.05, 0) is 106 Å². The molecule has 4 aromatic rings. The molecule has 2 amide bonds. The number of piperidine rings is 1. The van der Waals surface area contributed by atoms with Crippen molar-refractivity contribution in [3.05, 3.63) is 71.0 Å². The fourth-order valence-corrected chi connectivity index (χ4v) is 8.05. The van der Waals surface area contributed by atoms with Crippen molar-refractivity contribution in [1.29, 1.82) is 0 Å². The molecule has 11 heteroatoms. The predicted molar refractivity (Wildman–Crippen MR) is 203 cm³/mol. The van der Waals surface area contributed by atoms with Crippen LogP contribution in [0.15, 0.2) is 48.7 Å². The number of aryl methyl sites for hydroxylation is 2. The van der Waals surface area contributed by atoms with Crippen molar-refractivity contribution in [2.45, 2.75) is 90.9 Å². The zero-order valence-electron chi connectivity index (χ0n) is 30.9. The van der Waals surface area contributed by atoms with Crippen molar-refractivity contribution >= 4 is 28.5 Å². The summed E-state index contributed by atoms with van der Waals surface area (Å²) >= 11 is 0. The second-order valence-electron chi connectivity index (χ2n) is 14.7. The number of aromatic nitrogens is 3. The van der Waals surface area contributed by atoms with E-state index in [1.807, 2.05) is 27.9 Å². The number of carbonyl (C=O) groups is 2. The third-order valence-electron chi connectivity index (χ3n) is 11.3. The number of fused-ring (bicyclic) bond motifs is 1. The quantitative estimate of drug-likeness (QED) is 0.144. The first-order valence-electron chi connectivity index (χ1n) is 19.1. The van der Waals surface area contributed by atoms with Crippen LogP contribution in [0.5, 0.6) is 5.75 Å². The zero-order valence-corrected chi connectivity index (χ0v) is 30.9. The fraction of sp³-hybridized carbons (Fsp3) is 0.512. The molecule has 2 aromatic carbocycles. The lowest BCUT2D eigenvalue weighted by Crippen LogP contribution is -2.43. The summed E-state index contributed by atoms with van der Waals surface area (Å²) < 4.78 is 13.5. The predicted octanol–water partition coefficient (Wildman–Crippen LogP) is 5.62. The molecule has 0 radical (unpaired) electrons. The molecule has 1 aliphatic carbocycles. The van der Waals surface area contributed by atoms with E-state index in [0.717, 1.165) is 82.8 Å². The van der Waals surface area contributed by atoms with E-state index < -0.39 is 11.3 Å². The molecule has 276 valence electrons. The van der Waals surface area contributed by atoms with Crippen LogP contribution in [-0.4, -0.2) is 70.9 Å². The van der Waals surface area contributed by atoms with Gasteiger partial charge in [0.1, 0.15) is 11.2 Å². The second-order valence-corrected chi connectivity index (χ2v) is 14.7. The number of anilines is 1. The van der Waals surface area contributed by atoms with Crippen molar-refractivity contribution in [2.24, 2.45) is 17.1 Å². The van der Waals surface area contributed by atoms with Gasteiger partial charge in [0.15, 0.2) is 5.65 Å². The third kappa shape index (κ3) is 7.39. The van der Waals surface area contributed by atoms with Gasteiger partial charge in [0.25, 0.3) is 0 Å². The molecule has 3 fully saturated rings. The average molecular weight is 708 g/mol. The van der Waals surface area contributed by atoms with Crippen molar-refractivity contribution < 1.29 is 19.1 Å². The van der Waals surface area contributed by atoms with E-state index in [1.165, 1.54) is 18.4 Å². The number of hydrogen-bond donors (Lipinski definition) is 3. The lowest BCUT2D eigenvalue weighted by molar-refractivity contribution is -0.144. The van der Waals surface area contributed by atoms with Crippen LogP contribution in [0.25, 0.3) is 22.2 Å².